The summed E-state index contributed by atoms with van der Waals surface area (Å²) in [6.07, 6.45) is -2.86. The Morgan fingerprint density at radius 2 is 2.11 bits per heavy atom. The lowest BCUT2D eigenvalue weighted by molar-refractivity contribution is -0.173. The highest BCUT2D eigenvalue weighted by Gasteiger charge is 2.50. The number of aromatic nitrogens is 1. The van der Waals surface area contributed by atoms with Crippen molar-refractivity contribution < 1.29 is 18.3 Å². The van der Waals surface area contributed by atoms with E-state index in [0.717, 1.165) is 12.3 Å². The van der Waals surface area contributed by atoms with Gasteiger partial charge in [-0.25, -0.2) is 0 Å². The van der Waals surface area contributed by atoms with Gasteiger partial charge in [-0.1, -0.05) is 0 Å². The molecule has 0 spiro atoms. The molecule has 96 valence electrons. The summed E-state index contributed by atoms with van der Waals surface area (Å²) in [5.41, 5.74) is -1.76. The number of nitrogens with zero attached hydrogens (tertiary/aromatic N) is 2. The molecule has 1 N–H and O–H groups in total. The number of hydrogen-bond acceptors (Lipinski definition) is 3. The number of alkyl halides is 3. The van der Waals surface area contributed by atoms with Gasteiger partial charge in [0.05, 0.1) is 0 Å². The summed E-state index contributed by atoms with van der Waals surface area (Å²) < 4.78 is 39.2. The molecule has 0 radical (unpaired) electrons. The predicted molar refractivity (Wildman–Crippen MR) is 54.9 cm³/mol. The van der Waals surface area contributed by atoms with Crippen LogP contribution in [-0.4, -0.2) is 15.8 Å². The Labute approximate surface area is 99.9 Å². The molecule has 1 fully saturated rings. The van der Waals surface area contributed by atoms with Crippen molar-refractivity contribution in [1.29, 1.82) is 5.26 Å². The van der Waals surface area contributed by atoms with E-state index in [1.807, 2.05) is 0 Å². The Kier molecular flexibility index (Phi) is 2.81. The van der Waals surface area contributed by atoms with Gasteiger partial charge < -0.3 is 9.67 Å². The molecule has 2 rings (SSSR count). The van der Waals surface area contributed by atoms with Crippen LogP contribution in [0.25, 0.3) is 0 Å². The summed E-state index contributed by atoms with van der Waals surface area (Å²) >= 11 is 0. The quantitative estimate of drug-likeness (QED) is 0.881. The molecule has 0 amide bonds. The molecule has 1 unspecified atom stereocenters. The van der Waals surface area contributed by atoms with Gasteiger partial charge in [0.2, 0.25) is 0 Å². The monoisotopic (exact) mass is 258 g/mol. The van der Waals surface area contributed by atoms with Gasteiger partial charge in [0.1, 0.15) is 17.9 Å². The van der Waals surface area contributed by atoms with Gasteiger partial charge in [-0.05, 0) is 24.8 Å². The number of hydrogen-bond donors (Lipinski definition) is 1. The molecule has 0 bridgehead atoms. The molecule has 0 saturated heterocycles. The standard InChI is InChI=1S/C11H9F3N2O2/c12-11(13,14)9(6-1-2-6)16-4-3-8(17)7(5-15)10(16)18/h3-4,6,9,17H,1-2H2. The maximum atomic E-state index is 12.9. The van der Waals surface area contributed by atoms with E-state index >= 15 is 0 Å². The molecule has 18 heavy (non-hydrogen) atoms. The second-order valence-corrected chi connectivity index (χ2v) is 4.22. The van der Waals surface area contributed by atoms with Gasteiger partial charge in [0, 0.05) is 6.20 Å². The minimum Gasteiger partial charge on any atom is -0.506 e. The summed E-state index contributed by atoms with van der Waals surface area (Å²) in [4.78, 5) is 11.7. The van der Waals surface area contributed by atoms with E-state index in [2.05, 4.69) is 0 Å². The first kappa shape index (κ1) is 12.5. The van der Waals surface area contributed by atoms with Gasteiger partial charge in [0.15, 0.2) is 5.56 Å². The van der Waals surface area contributed by atoms with Crippen LogP contribution in [0.15, 0.2) is 17.1 Å². The van der Waals surface area contributed by atoms with E-state index in [-0.39, 0.29) is 0 Å². The fourth-order valence-corrected chi connectivity index (χ4v) is 1.93. The third-order valence-corrected chi connectivity index (χ3v) is 2.91. The van der Waals surface area contributed by atoms with Crippen LogP contribution in [-0.2, 0) is 0 Å². The summed E-state index contributed by atoms with van der Waals surface area (Å²) in [5, 5.41) is 17.9. The second kappa shape index (κ2) is 4.05. The zero-order valence-electron chi connectivity index (χ0n) is 9.11. The molecule has 1 aromatic heterocycles. The van der Waals surface area contributed by atoms with Gasteiger partial charge in [-0.3, -0.25) is 4.79 Å². The number of aromatic hydroxyl groups is 1. The van der Waals surface area contributed by atoms with Crippen molar-refractivity contribution in [3.63, 3.8) is 0 Å². The molecule has 1 aromatic rings. The molecule has 1 atom stereocenters. The van der Waals surface area contributed by atoms with E-state index < -0.39 is 35.0 Å². The van der Waals surface area contributed by atoms with E-state index in [1.165, 1.54) is 6.07 Å². The fourth-order valence-electron chi connectivity index (χ4n) is 1.93. The molecule has 1 saturated carbocycles. The van der Waals surface area contributed by atoms with Gasteiger partial charge in [0.25, 0.3) is 5.56 Å². The fraction of sp³-hybridized carbons (Fsp3) is 0.455. The Morgan fingerprint density at radius 1 is 1.50 bits per heavy atom. The number of pyridine rings is 1. The topological polar surface area (TPSA) is 66.0 Å². The smallest absolute Gasteiger partial charge is 0.409 e. The zero-order chi connectivity index (χ0) is 13.5. The van der Waals surface area contributed by atoms with Crippen LogP contribution in [0, 0.1) is 17.2 Å². The molecule has 4 nitrogen and oxygen atoms in total. The van der Waals surface area contributed by atoms with Crippen LogP contribution in [0.2, 0.25) is 0 Å². The normalized spacial score (nSPS) is 17.2. The van der Waals surface area contributed by atoms with E-state index in [4.69, 9.17) is 5.26 Å². The highest BCUT2D eigenvalue weighted by atomic mass is 19.4. The van der Waals surface area contributed by atoms with Crippen LogP contribution >= 0.6 is 0 Å². The highest BCUT2D eigenvalue weighted by Crippen LogP contribution is 2.47. The van der Waals surface area contributed by atoms with Crippen molar-refractivity contribution >= 4 is 0 Å². The average Bonchev–Trinajstić information content (AvgIpc) is 3.05. The van der Waals surface area contributed by atoms with E-state index in [9.17, 15) is 23.1 Å². The minimum absolute atomic E-state index is 0.402. The Hall–Kier alpha value is -1.97. The van der Waals surface area contributed by atoms with Crippen molar-refractivity contribution in [2.75, 3.05) is 0 Å². The average molecular weight is 258 g/mol. The molecule has 7 heteroatoms. The summed E-state index contributed by atoms with van der Waals surface area (Å²) in [5.74, 6) is -1.23. The number of rotatable bonds is 2. The zero-order valence-corrected chi connectivity index (χ0v) is 9.11. The maximum Gasteiger partial charge on any atom is 0.409 e. The molecule has 1 aliphatic carbocycles. The first-order valence-corrected chi connectivity index (χ1v) is 5.27. The van der Waals surface area contributed by atoms with Crippen molar-refractivity contribution in [3.8, 4) is 11.8 Å². The molecule has 1 heterocycles. The van der Waals surface area contributed by atoms with Gasteiger partial charge in [-0.15, -0.1) is 0 Å². The summed E-state index contributed by atoms with van der Waals surface area (Å²) in [6, 6.07) is 0.432. The lowest BCUT2D eigenvalue weighted by Gasteiger charge is -2.22. The molecule has 0 aromatic carbocycles. The van der Waals surface area contributed by atoms with Crippen LogP contribution < -0.4 is 5.56 Å². The minimum atomic E-state index is -4.55. The van der Waals surface area contributed by atoms with Crippen molar-refractivity contribution in [1.82, 2.24) is 4.57 Å². The van der Waals surface area contributed by atoms with Crippen molar-refractivity contribution in [3.05, 3.63) is 28.2 Å². The lowest BCUT2D eigenvalue weighted by atomic mass is 10.1. The SMILES string of the molecule is N#Cc1c(O)ccn(C(C2CC2)C(F)(F)F)c1=O. The van der Waals surface area contributed by atoms with Crippen molar-refractivity contribution in [2.45, 2.75) is 25.1 Å². The molecule has 1 aliphatic rings. The first-order chi connectivity index (χ1) is 8.36. The Morgan fingerprint density at radius 3 is 2.56 bits per heavy atom. The van der Waals surface area contributed by atoms with Crippen LogP contribution in [0.3, 0.4) is 0 Å². The predicted octanol–water partition coefficient (Wildman–Crippen LogP) is 1.94. The summed E-state index contributed by atoms with van der Waals surface area (Å²) in [7, 11) is 0. The third kappa shape index (κ3) is 2.06. The number of nitriles is 1. The van der Waals surface area contributed by atoms with Gasteiger partial charge in [-0.2, -0.15) is 18.4 Å². The van der Waals surface area contributed by atoms with Crippen molar-refractivity contribution in [2.24, 2.45) is 5.92 Å². The summed E-state index contributed by atoms with van der Waals surface area (Å²) in [6.45, 7) is 0. The molecular weight excluding hydrogens is 249 g/mol. The highest BCUT2D eigenvalue weighted by molar-refractivity contribution is 5.39. The maximum absolute atomic E-state index is 12.9. The largest absolute Gasteiger partial charge is 0.506 e. The van der Waals surface area contributed by atoms with E-state index in [0.29, 0.717) is 17.4 Å². The van der Waals surface area contributed by atoms with Gasteiger partial charge >= 0.3 is 6.18 Å². The van der Waals surface area contributed by atoms with E-state index in [1.54, 1.807) is 0 Å². The van der Waals surface area contributed by atoms with Crippen LogP contribution in [0.1, 0.15) is 24.4 Å². The second-order valence-electron chi connectivity index (χ2n) is 4.22. The number of halogens is 3. The van der Waals surface area contributed by atoms with Crippen LogP contribution in [0.4, 0.5) is 13.2 Å². The Balaban J connectivity index is 2.57. The first-order valence-electron chi connectivity index (χ1n) is 5.27. The molecule has 0 aliphatic heterocycles. The Bertz CT molecular complexity index is 567. The lowest BCUT2D eigenvalue weighted by Crippen LogP contribution is -2.36. The molecular formula is C11H9F3N2O2. The van der Waals surface area contributed by atoms with Crippen LogP contribution in [0.5, 0.6) is 5.75 Å². The third-order valence-electron chi connectivity index (χ3n) is 2.91.